The van der Waals surface area contributed by atoms with Gasteiger partial charge in [0.05, 0.1) is 6.42 Å². The van der Waals surface area contributed by atoms with Gasteiger partial charge in [0.1, 0.15) is 6.04 Å². The number of hydrogen-bond acceptors (Lipinski definition) is 3. The van der Waals surface area contributed by atoms with E-state index in [-0.39, 0.29) is 31.1 Å². The van der Waals surface area contributed by atoms with Crippen LogP contribution in [-0.2, 0) is 20.8 Å². The summed E-state index contributed by atoms with van der Waals surface area (Å²) in [6.07, 6.45) is 1.81. The molecule has 0 spiro atoms. The molecule has 0 bridgehead atoms. The maximum absolute atomic E-state index is 12.1. The predicted molar refractivity (Wildman–Crippen MR) is 94.6 cm³/mol. The minimum Gasteiger partial charge on any atom is -0.481 e. The van der Waals surface area contributed by atoms with Gasteiger partial charge in [-0.05, 0) is 30.5 Å². The number of hydrogen-bond donors (Lipinski definition) is 3. The van der Waals surface area contributed by atoms with Crippen molar-refractivity contribution < 1.29 is 19.5 Å². The third-order valence-electron chi connectivity index (χ3n) is 3.41. The minimum atomic E-state index is -0.997. The van der Waals surface area contributed by atoms with Crippen LogP contribution in [-0.4, -0.2) is 35.5 Å². The van der Waals surface area contributed by atoms with Gasteiger partial charge in [0, 0.05) is 17.4 Å². The van der Waals surface area contributed by atoms with Crippen LogP contribution in [0.25, 0.3) is 0 Å². The third-order valence-corrected chi connectivity index (χ3v) is 3.93. The zero-order chi connectivity index (χ0) is 17.9. The molecule has 0 heterocycles. The summed E-state index contributed by atoms with van der Waals surface area (Å²) in [6, 6.07) is 6.47. The van der Waals surface area contributed by atoms with Gasteiger partial charge in [-0.1, -0.05) is 41.4 Å². The Morgan fingerprint density at radius 3 is 2.46 bits per heavy atom. The molecule has 0 fully saturated rings. The van der Waals surface area contributed by atoms with Crippen LogP contribution in [0.3, 0.4) is 0 Å². The highest BCUT2D eigenvalue weighted by Crippen LogP contribution is 2.11. The van der Waals surface area contributed by atoms with E-state index in [0.717, 1.165) is 22.9 Å². The van der Waals surface area contributed by atoms with Gasteiger partial charge in [-0.2, -0.15) is 0 Å². The summed E-state index contributed by atoms with van der Waals surface area (Å²) in [5.74, 6) is -1.64. The second-order valence-corrected chi connectivity index (χ2v) is 6.42. The van der Waals surface area contributed by atoms with Crippen molar-refractivity contribution in [3.63, 3.8) is 0 Å². The average molecular weight is 399 g/mol. The summed E-state index contributed by atoms with van der Waals surface area (Å²) in [7, 11) is 0. The summed E-state index contributed by atoms with van der Waals surface area (Å²) < 4.78 is 0.918. The van der Waals surface area contributed by atoms with Crippen LogP contribution in [0, 0.1) is 0 Å². The number of unbranched alkanes of at least 4 members (excludes halogenated alkanes) is 1. The third kappa shape index (κ3) is 8.10. The fraction of sp³-hybridized carbons (Fsp3) is 0.471. The second-order valence-electron chi connectivity index (χ2n) is 5.50. The van der Waals surface area contributed by atoms with E-state index in [1.165, 1.54) is 0 Å². The lowest BCUT2D eigenvalue weighted by Gasteiger charge is -2.18. The predicted octanol–water partition coefficient (Wildman–Crippen LogP) is 2.26. The molecular weight excluding hydrogens is 376 g/mol. The Morgan fingerprint density at radius 2 is 1.88 bits per heavy atom. The lowest BCUT2D eigenvalue weighted by Crippen LogP contribution is -2.47. The molecule has 0 radical (unpaired) electrons. The van der Waals surface area contributed by atoms with Gasteiger partial charge in [-0.3, -0.25) is 14.4 Å². The Labute approximate surface area is 150 Å². The van der Waals surface area contributed by atoms with Crippen LogP contribution in [0.4, 0.5) is 0 Å². The number of amides is 2. The Kier molecular flexibility index (Phi) is 9.07. The van der Waals surface area contributed by atoms with E-state index in [4.69, 9.17) is 5.11 Å². The molecule has 0 saturated carbocycles. The Hall–Kier alpha value is -1.89. The second kappa shape index (κ2) is 10.8. The van der Waals surface area contributed by atoms with Gasteiger partial charge >= 0.3 is 5.97 Å². The van der Waals surface area contributed by atoms with Crippen molar-refractivity contribution in [2.45, 2.75) is 45.1 Å². The lowest BCUT2D eigenvalue weighted by molar-refractivity contribution is -0.138. The molecule has 1 aromatic carbocycles. The van der Waals surface area contributed by atoms with Crippen molar-refractivity contribution in [2.75, 3.05) is 6.54 Å². The first-order valence-electron chi connectivity index (χ1n) is 7.95. The molecule has 24 heavy (non-hydrogen) atoms. The summed E-state index contributed by atoms with van der Waals surface area (Å²) >= 11 is 3.33. The molecule has 3 N–H and O–H groups in total. The molecule has 1 atom stereocenters. The van der Waals surface area contributed by atoms with Crippen LogP contribution in [0.2, 0.25) is 0 Å². The van der Waals surface area contributed by atoms with Gasteiger partial charge in [-0.15, -0.1) is 0 Å². The van der Waals surface area contributed by atoms with Crippen molar-refractivity contribution in [3.8, 4) is 0 Å². The summed E-state index contributed by atoms with van der Waals surface area (Å²) in [5.41, 5.74) is 0.819. The Bertz CT molecular complexity index is 560. The smallest absolute Gasteiger partial charge is 0.303 e. The molecule has 2 amide bonds. The highest BCUT2D eigenvalue weighted by Gasteiger charge is 2.21. The monoisotopic (exact) mass is 398 g/mol. The Morgan fingerprint density at radius 1 is 1.21 bits per heavy atom. The summed E-state index contributed by atoms with van der Waals surface area (Å²) in [4.78, 5) is 35.0. The first-order valence-corrected chi connectivity index (χ1v) is 8.75. The first kappa shape index (κ1) is 20.2. The number of carbonyl (C=O) groups is 3. The molecule has 0 aliphatic heterocycles. The van der Waals surface area contributed by atoms with E-state index >= 15 is 0 Å². The maximum atomic E-state index is 12.1. The van der Waals surface area contributed by atoms with Crippen LogP contribution in [0.1, 0.15) is 38.2 Å². The van der Waals surface area contributed by atoms with Gasteiger partial charge in [0.15, 0.2) is 0 Å². The van der Waals surface area contributed by atoms with Crippen LogP contribution < -0.4 is 10.6 Å². The molecule has 0 aliphatic rings. The Balaban J connectivity index is 2.60. The van der Waals surface area contributed by atoms with Gasteiger partial charge < -0.3 is 15.7 Å². The fourth-order valence-corrected chi connectivity index (χ4v) is 2.35. The quantitative estimate of drug-likeness (QED) is 0.526. The normalized spacial score (nSPS) is 11.6. The molecular formula is C17H23BrN2O4. The van der Waals surface area contributed by atoms with Crippen molar-refractivity contribution in [1.82, 2.24) is 10.6 Å². The van der Waals surface area contributed by atoms with Crippen LogP contribution >= 0.6 is 15.9 Å². The average Bonchev–Trinajstić information content (AvgIpc) is 2.53. The van der Waals surface area contributed by atoms with E-state index in [9.17, 15) is 14.4 Å². The van der Waals surface area contributed by atoms with E-state index < -0.39 is 12.0 Å². The number of carboxylic acids is 1. The molecule has 0 aromatic heterocycles. The van der Waals surface area contributed by atoms with Crippen molar-refractivity contribution in [3.05, 3.63) is 34.3 Å². The van der Waals surface area contributed by atoms with Crippen molar-refractivity contribution >= 4 is 33.7 Å². The fourth-order valence-electron chi connectivity index (χ4n) is 2.08. The summed E-state index contributed by atoms with van der Waals surface area (Å²) in [5, 5.41) is 14.2. The molecule has 132 valence electrons. The van der Waals surface area contributed by atoms with Gasteiger partial charge in [-0.25, -0.2) is 0 Å². The van der Waals surface area contributed by atoms with Gasteiger partial charge in [0.2, 0.25) is 11.8 Å². The van der Waals surface area contributed by atoms with E-state index in [1.54, 1.807) is 0 Å². The molecule has 6 nitrogen and oxygen atoms in total. The molecule has 0 saturated heterocycles. The maximum Gasteiger partial charge on any atom is 0.303 e. The first-order chi connectivity index (χ1) is 11.4. The molecule has 1 aromatic rings. The standard InChI is InChI=1S/C17H23BrN2O4/c1-2-3-10-19-17(24)14(8-9-16(22)23)20-15(21)11-12-4-6-13(18)7-5-12/h4-7,14H,2-3,8-11H2,1H3,(H,19,24)(H,20,21)(H,22,23)/t14-/m0/s1. The summed E-state index contributed by atoms with van der Waals surface area (Å²) in [6.45, 7) is 2.52. The highest BCUT2D eigenvalue weighted by atomic mass is 79.9. The number of carbonyl (C=O) groups excluding carboxylic acids is 2. The topological polar surface area (TPSA) is 95.5 Å². The molecule has 0 aliphatic carbocycles. The van der Waals surface area contributed by atoms with Crippen LogP contribution in [0.5, 0.6) is 0 Å². The molecule has 1 rings (SSSR count). The molecule has 0 unspecified atom stereocenters. The largest absolute Gasteiger partial charge is 0.481 e. The number of nitrogens with one attached hydrogen (secondary N) is 2. The molecule has 7 heteroatoms. The number of halogens is 1. The number of aliphatic carboxylic acids is 1. The SMILES string of the molecule is CCCCNC(=O)[C@H](CCC(=O)O)NC(=O)Cc1ccc(Br)cc1. The van der Waals surface area contributed by atoms with Crippen molar-refractivity contribution in [2.24, 2.45) is 0 Å². The lowest BCUT2D eigenvalue weighted by atomic mass is 10.1. The number of benzene rings is 1. The van der Waals surface area contributed by atoms with E-state index in [1.807, 2.05) is 31.2 Å². The number of carboxylic acid groups (broad SMARTS) is 1. The van der Waals surface area contributed by atoms with Crippen molar-refractivity contribution in [1.29, 1.82) is 0 Å². The number of rotatable bonds is 10. The zero-order valence-corrected chi connectivity index (χ0v) is 15.3. The van der Waals surface area contributed by atoms with Gasteiger partial charge in [0.25, 0.3) is 0 Å². The van der Waals surface area contributed by atoms with E-state index in [0.29, 0.717) is 6.54 Å². The van der Waals surface area contributed by atoms with E-state index in [2.05, 4.69) is 26.6 Å². The zero-order valence-electron chi connectivity index (χ0n) is 13.7. The minimum absolute atomic E-state index is 0.0688. The highest BCUT2D eigenvalue weighted by molar-refractivity contribution is 9.10. The van der Waals surface area contributed by atoms with Crippen LogP contribution in [0.15, 0.2) is 28.7 Å².